The topological polar surface area (TPSA) is 79.1 Å². The van der Waals surface area contributed by atoms with Crippen LogP contribution in [-0.4, -0.2) is 56.7 Å². The molecule has 1 aliphatic rings. The van der Waals surface area contributed by atoms with Gasteiger partial charge >= 0.3 is 5.97 Å². The Morgan fingerprint density at radius 3 is 2.74 bits per heavy atom. The number of hydrogen-bond donors (Lipinski definition) is 2. The number of nitrogens with zero attached hydrogens (tertiary/aromatic N) is 2. The Hall–Kier alpha value is -1.29. The molecule has 2 N–H and O–H groups in total. The van der Waals surface area contributed by atoms with Crippen molar-refractivity contribution < 1.29 is 13.9 Å². The molecular formula is C19H33IN4O3. The van der Waals surface area contributed by atoms with E-state index in [1.165, 1.54) is 20.0 Å². The lowest BCUT2D eigenvalue weighted by Crippen LogP contribution is -2.38. The molecule has 1 aliphatic heterocycles. The van der Waals surface area contributed by atoms with E-state index in [0.29, 0.717) is 13.0 Å². The summed E-state index contributed by atoms with van der Waals surface area (Å²) >= 11 is 0. The Morgan fingerprint density at radius 2 is 2.11 bits per heavy atom. The summed E-state index contributed by atoms with van der Waals surface area (Å²) in [5.74, 6) is 1.63. The summed E-state index contributed by atoms with van der Waals surface area (Å²) in [5, 5.41) is 6.62. The first kappa shape index (κ1) is 23.7. The fraction of sp³-hybridized carbons (Fsp3) is 0.684. The molecular weight excluding hydrogens is 459 g/mol. The van der Waals surface area contributed by atoms with Gasteiger partial charge in [0.15, 0.2) is 5.96 Å². The molecule has 1 atom stereocenters. The van der Waals surface area contributed by atoms with Gasteiger partial charge in [0.25, 0.3) is 0 Å². The highest BCUT2D eigenvalue weighted by Crippen LogP contribution is 2.25. The summed E-state index contributed by atoms with van der Waals surface area (Å²) in [7, 11) is 1.42. The predicted molar refractivity (Wildman–Crippen MR) is 118 cm³/mol. The van der Waals surface area contributed by atoms with Gasteiger partial charge < -0.3 is 19.8 Å². The average molecular weight is 492 g/mol. The number of furan rings is 1. The van der Waals surface area contributed by atoms with Gasteiger partial charge in [-0.25, -0.2) is 0 Å². The van der Waals surface area contributed by atoms with Gasteiger partial charge in [0.1, 0.15) is 5.76 Å². The third kappa shape index (κ3) is 8.50. The van der Waals surface area contributed by atoms with Gasteiger partial charge in [-0.15, -0.1) is 24.0 Å². The van der Waals surface area contributed by atoms with Crippen molar-refractivity contribution in [2.24, 2.45) is 4.99 Å². The third-order valence-electron chi connectivity index (χ3n) is 4.55. The second-order valence-electron chi connectivity index (χ2n) is 6.45. The van der Waals surface area contributed by atoms with E-state index in [2.05, 4.69) is 27.2 Å². The molecule has 2 heterocycles. The highest BCUT2D eigenvalue weighted by Gasteiger charge is 2.25. The minimum Gasteiger partial charge on any atom is -0.469 e. The van der Waals surface area contributed by atoms with Crippen LogP contribution in [0, 0.1) is 0 Å². The Balaban J connectivity index is 0.00000364. The van der Waals surface area contributed by atoms with Crippen LogP contribution in [0.5, 0.6) is 0 Å². The number of carbonyl (C=O) groups is 1. The lowest BCUT2D eigenvalue weighted by Gasteiger charge is -2.24. The predicted octanol–water partition coefficient (Wildman–Crippen LogP) is 2.93. The second kappa shape index (κ2) is 13.8. The van der Waals surface area contributed by atoms with E-state index in [1.54, 1.807) is 6.26 Å². The molecule has 1 aromatic heterocycles. The number of rotatable bonds is 10. The maximum absolute atomic E-state index is 11.1. The zero-order chi connectivity index (χ0) is 18.6. The van der Waals surface area contributed by atoms with Crippen molar-refractivity contribution in [3.8, 4) is 0 Å². The van der Waals surface area contributed by atoms with Crippen molar-refractivity contribution >= 4 is 35.9 Å². The number of unbranched alkanes of at least 4 members (excludes halogenated alkanes) is 1. The number of aliphatic imine (C=N–C) groups is 1. The van der Waals surface area contributed by atoms with E-state index in [-0.39, 0.29) is 36.0 Å². The van der Waals surface area contributed by atoms with Crippen molar-refractivity contribution in [2.45, 2.75) is 45.1 Å². The highest BCUT2D eigenvalue weighted by atomic mass is 127. The van der Waals surface area contributed by atoms with Crippen molar-refractivity contribution in [1.29, 1.82) is 0 Å². The van der Waals surface area contributed by atoms with Gasteiger partial charge in [-0.3, -0.25) is 14.7 Å². The lowest BCUT2D eigenvalue weighted by molar-refractivity contribution is -0.140. The summed E-state index contributed by atoms with van der Waals surface area (Å²) in [6, 6.07) is 4.15. The number of nitrogens with one attached hydrogen (secondary N) is 2. The Labute approximate surface area is 179 Å². The zero-order valence-corrected chi connectivity index (χ0v) is 18.7. The van der Waals surface area contributed by atoms with E-state index in [9.17, 15) is 4.79 Å². The summed E-state index contributed by atoms with van der Waals surface area (Å²) in [5.41, 5.74) is 0. The van der Waals surface area contributed by atoms with Crippen LogP contribution in [0.25, 0.3) is 0 Å². The van der Waals surface area contributed by atoms with E-state index in [0.717, 1.165) is 50.7 Å². The molecule has 7 nitrogen and oxygen atoms in total. The SMILES string of the molecule is CCNC(=NCC(c1ccco1)N1CCCC1)NCCCCC(=O)OC.I. The van der Waals surface area contributed by atoms with Crippen LogP contribution in [0.3, 0.4) is 0 Å². The lowest BCUT2D eigenvalue weighted by atomic mass is 10.2. The second-order valence-corrected chi connectivity index (χ2v) is 6.45. The zero-order valence-electron chi connectivity index (χ0n) is 16.4. The molecule has 1 saturated heterocycles. The molecule has 154 valence electrons. The Bertz CT molecular complexity index is 545. The first-order chi connectivity index (χ1) is 12.7. The molecule has 0 saturated carbocycles. The van der Waals surface area contributed by atoms with Gasteiger partial charge in [-0.1, -0.05) is 0 Å². The maximum Gasteiger partial charge on any atom is 0.305 e. The molecule has 0 spiro atoms. The van der Waals surface area contributed by atoms with Crippen molar-refractivity contribution in [3.63, 3.8) is 0 Å². The fourth-order valence-electron chi connectivity index (χ4n) is 3.14. The number of ether oxygens (including phenoxy) is 1. The summed E-state index contributed by atoms with van der Waals surface area (Å²) < 4.78 is 10.3. The van der Waals surface area contributed by atoms with Crippen molar-refractivity contribution in [1.82, 2.24) is 15.5 Å². The molecule has 1 fully saturated rings. The normalized spacial score (nSPS) is 15.9. The summed E-state index contributed by atoms with van der Waals surface area (Å²) in [4.78, 5) is 18.3. The van der Waals surface area contributed by atoms with Crippen LogP contribution in [0.15, 0.2) is 27.8 Å². The quantitative estimate of drug-likeness (QED) is 0.172. The third-order valence-corrected chi connectivity index (χ3v) is 4.55. The van der Waals surface area contributed by atoms with E-state index >= 15 is 0 Å². The first-order valence-electron chi connectivity index (χ1n) is 9.61. The molecule has 2 rings (SSSR count). The number of guanidine groups is 1. The van der Waals surface area contributed by atoms with Gasteiger partial charge in [0, 0.05) is 19.5 Å². The molecule has 1 unspecified atom stereocenters. The van der Waals surface area contributed by atoms with E-state index in [4.69, 9.17) is 9.41 Å². The minimum absolute atomic E-state index is 0. The number of likely N-dealkylation sites (tertiary alicyclic amines) is 1. The number of hydrogen-bond acceptors (Lipinski definition) is 5. The maximum atomic E-state index is 11.1. The fourth-order valence-corrected chi connectivity index (χ4v) is 3.14. The van der Waals surface area contributed by atoms with Crippen LogP contribution in [0.4, 0.5) is 0 Å². The first-order valence-corrected chi connectivity index (χ1v) is 9.61. The summed E-state index contributed by atoms with van der Waals surface area (Å²) in [6.45, 7) is 6.49. The monoisotopic (exact) mass is 492 g/mol. The number of halogens is 1. The summed E-state index contributed by atoms with van der Waals surface area (Å²) in [6.07, 6.45) is 6.36. The largest absolute Gasteiger partial charge is 0.469 e. The molecule has 1 aromatic rings. The van der Waals surface area contributed by atoms with Gasteiger partial charge in [-0.05, 0) is 57.8 Å². The van der Waals surface area contributed by atoms with Gasteiger partial charge in [0.05, 0.1) is 26.0 Å². The van der Waals surface area contributed by atoms with Crippen molar-refractivity contribution in [3.05, 3.63) is 24.2 Å². The van der Waals surface area contributed by atoms with Crippen molar-refractivity contribution in [2.75, 3.05) is 39.8 Å². The molecule has 0 bridgehead atoms. The van der Waals surface area contributed by atoms with Crippen LogP contribution < -0.4 is 10.6 Å². The molecule has 0 aromatic carbocycles. The number of carbonyl (C=O) groups excluding carboxylic acids is 1. The minimum atomic E-state index is -0.155. The van der Waals surface area contributed by atoms with Crippen LogP contribution in [0.1, 0.15) is 50.8 Å². The van der Waals surface area contributed by atoms with Gasteiger partial charge in [0.2, 0.25) is 0 Å². The van der Waals surface area contributed by atoms with E-state index in [1.807, 2.05) is 12.1 Å². The van der Waals surface area contributed by atoms with Crippen LogP contribution in [0.2, 0.25) is 0 Å². The Morgan fingerprint density at radius 1 is 1.33 bits per heavy atom. The average Bonchev–Trinajstić information content (AvgIpc) is 3.35. The van der Waals surface area contributed by atoms with Crippen LogP contribution >= 0.6 is 24.0 Å². The van der Waals surface area contributed by atoms with E-state index < -0.39 is 0 Å². The number of methoxy groups -OCH3 is 1. The molecule has 0 amide bonds. The standard InChI is InChI=1S/C19H32N4O3.HI/c1-3-20-19(21-11-5-4-10-18(24)25-2)22-15-16(17-9-8-14-26-17)23-12-6-7-13-23;/h8-9,14,16H,3-7,10-13,15H2,1-2H3,(H2,20,21,22);1H. The molecule has 0 radical (unpaired) electrons. The Kier molecular flexibility index (Phi) is 12.2. The number of esters is 1. The highest BCUT2D eigenvalue weighted by molar-refractivity contribution is 14.0. The van der Waals surface area contributed by atoms with Gasteiger partial charge in [-0.2, -0.15) is 0 Å². The smallest absolute Gasteiger partial charge is 0.305 e. The molecule has 0 aliphatic carbocycles. The molecule has 8 heteroatoms. The molecule has 27 heavy (non-hydrogen) atoms. The van der Waals surface area contributed by atoms with Crippen LogP contribution in [-0.2, 0) is 9.53 Å².